The van der Waals surface area contributed by atoms with E-state index in [2.05, 4.69) is 30.3 Å². The average Bonchev–Trinajstić information content (AvgIpc) is 2.81. The number of imidazole rings is 1. The van der Waals surface area contributed by atoms with E-state index in [4.69, 9.17) is 5.73 Å². The summed E-state index contributed by atoms with van der Waals surface area (Å²) in [5.41, 5.74) is 7.27. The summed E-state index contributed by atoms with van der Waals surface area (Å²) >= 11 is 0. The van der Waals surface area contributed by atoms with Gasteiger partial charge in [0.2, 0.25) is 0 Å². The Bertz CT molecular complexity index is 375. The van der Waals surface area contributed by atoms with Crippen molar-refractivity contribution in [2.45, 2.75) is 58.9 Å². The smallest absolute Gasteiger partial charge is 0.0948 e. The molecule has 0 aliphatic heterocycles. The molecule has 0 bridgehead atoms. The highest BCUT2D eigenvalue weighted by atomic mass is 15.1. The van der Waals surface area contributed by atoms with Gasteiger partial charge in [-0.25, -0.2) is 4.98 Å². The molecule has 1 heterocycles. The average molecular weight is 263 g/mol. The molecule has 0 radical (unpaired) electrons. The first-order valence-corrected chi connectivity index (χ1v) is 7.81. The van der Waals surface area contributed by atoms with Crippen LogP contribution in [0.25, 0.3) is 0 Å². The summed E-state index contributed by atoms with van der Waals surface area (Å²) < 4.78 is 2.36. The van der Waals surface area contributed by atoms with Crippen LogP contribution in [0.2, 0.25) is 0 Å². The molecule has 1 saturated carbocycles. The normalized spacial score (nSPS) is 25.7. The summed E-state index contributed by atoms with van der Waals surface area (Å²) in [7, 11) is 0. The van der Waals surface area contributed by atoms with Crippen LogP contribution in [0.1, 0.15) is 58.1 Å². The highest BCUT2D eigenvalue weighted by Crippen LogP contribution is 2.31. The zero-order valence-electron chi connectivity index (χ0n) is 12.7. The lowest BCUT2D eigenvalue weighted by molar-refractivity contribution is 0.261. The molecule has 1 aliphatic carbocycles. The standard InChI is InChI=1S/C16H29N3/c1-12(2)15(8-17)16-9-18-11-19(16)10-14-6-4-13(3)5-7-14/h9,11-15H,4-8,10,17H2,1-3H3. The van der Waals surface area contributed by atoms with Gasteiger partial charge >= 0.3 is 0 Å². The maximum atomic E-state index is 5.94. The van der Waals surface area contributed by atoms with Crippen molar-refractivity contribution in [2.24, 2.45) is 23.5 Å². The quantitative estimate of drug-likeness (QED) is 0.884. The summed E-state index contributed by atoms with van der Waals surface area (Å²) in [6.45, 7) is 8.72. The minimum atomic E-state index is 0.435. The van der Waals surface area contributed by atoms with Gasteiger partial charge in [0.25, 0.3) is 0 Å². The Kier molecular flexibility index (Phi) is 5.03. The molecule has 2 N–H and O–H groups in total. The summed E-state index contributed by atoms with van der Waals surface area (Å²) in [5, 5.41) is 0. The first-order chi connectivity index (χ1) is 9.11. The monoisotopic (exact) mass is 263 g/mol. The number of hydrogen-bond donors (Lipinski definition) is 1. The number of nitrogens with zero attached hydrogens (tertiary/aromatic N) is 2. The van der Waals surface area contributed by atoms with Crippen LogP contribution >= 0.6 is 0 Å². The second kappa shape index (κ2) is 6.56. The first kappa shape index (κ1) is 14.6. The SMILES string of the molecule is CC1CCC(Cn2cncc2C(CN)C(C)C)CC1. The summed E-state index contributed by atoms with van der Waals surface area (Å²) in [6.07, 6.45) is 9.53. The molecular formula is C16H29N3. The maximum absolute atomic E-state index is 5.94. The number of hydrogen-bond acceptors (Lipinski definition) is 2. The van der Waals surface area contributed by atoms with Gasteiger partial charge in [-0.3, -0.25) is 0 Å². The van der Waals surface area contributed by atoms with E-state index in [-0.39, 0.29) is 0 Å². The van der Waals surface area contributed by atoms with E-state index in [1.807, 2.05) is 12.5 Å². The minimum absolute atomic E-state index is 0.435. The maximum Gasteiger partial charge on any atom is 0.0948 e. The molecule has 1 aromatic heterocycles. The van der Waals surface area contributed by atoms with Gasteiger partial charge in [0.05, 0.1) is 6.33 Å². The van der Waals surface area contributed by atoms with E-state index in [1.165, 1.54) is 31.4 Å². The fourth-order valence-corrected chi connectivity index (χ4v) is 3.32. The second-order valence-electron chi connectivity index (χ2n) is 6.68. The van der Waals surface area contributed by atoms with Gasteiger partial charge in [0.15, 0.2) is 0 Å². The van der Waals surface area contributed by atoms with Crippen LogP contribution in [0.15, 0.2) is 12.5 Å². The predicted molar refractivity (Wildman–Crippen MR) is 80.0 cm³/mol. The van der Waals surface area contributed by atoms with E-state index < -0.39 is 0 Å². The number of aromatic nitrogens is 2. The fourth-order valence-electron chi connectivity index (χ4n) is 3.32. The Morgan fingerprint density at radius 1 is 1.32 bits per heavy atom. The van der Waals surface area contributed by atoms with Crippen molar-refractivity contribution < 1.29 is 0 Å². The van der Waals surface area contributed by atoms with Crippen molar-refractivity contribution in [1.82, 2.24) is 9.55 Å². The molecule has 0 aromatic carbocycles. The summed E-state index contributed by atoms with van der Waals surface area (Å²) in [5.74, 6) is 2.76. The van der Waals surface area contributed by atoms with Crippen molar-refractivity contribution >= 4 is 0 Å². The van der Waals surface area contributed by atoms with Crippen molar-refractivity contribution in [3.8, 4) is 0 Å². The van der Waals surface area contributed by atoms with Gasteiger partial charge in [-0.05, 0) is 30.6 Å². The lowest BCUT2D eigenvalue weighted by atomic mass is 9.83. The van der Waals surface area contributed by atoms with E-state index in [1.54, 1.807) is 0 Å². The van der Waals surface area contributed by atoms with Crippen molar-refractivity contribution in [3.05, 3.63) is 18.2 Å². The molecular weight excluding hydrogens is 234 g/mol. The lowest BCUT2D eigenvalue weighted by Crippen LogP contribution is -2.23. The van der Waals surface area contributed by atoms with Crippen LogP contribution in [0.5, 0.6) is 0 Å². The van der Waals surface area contributed by atoms with E-state index >= 15 is 0 Å². The number of nitrogens with two attached hydrogens (primary N) is 1. The van der Waals surface area contributed by atoms with Gasteiger partial charge < -0.3 is 10.3 Å². The molecule has 3 nitrogen and oxygen atoms in total. The molecule has 108 valence electrons. The van der Waals surface area contributed by atoms with Crippen LogP contribution < -0.4 is 5.73 Å². The zero-order chi connectivity index (χ0) is 13.8. The molecule has 19 heavy (non-hydrogen) atoms. The molecule has 1 aliphatic rings. The van der Waals surface area contributed by atoms with Crippen LogP contribution in [-0.4, -0.2) is 16.1 Å². The van der Waals surface area contributed by atoms with E-state index in [0.29, 0.717) is 18.4 Å². The van der Waals surface area contributed by atoms with Gasteiger partial charge in [-0.2, -0.15) is 0 Å². The van der Waals surface area contributed by atoms with Gasteiger partial charge in [-0.1, -0.05) is 33.6 Å². The van der Waals surface area contributed by atoms with Crippen molar-refractivity contribution in [3.63, 3.8) is 0 Å². The molecule has 3 heteroatoms. The molecule has 1 atom stereocenters. The van der Waals surface area contributed by atoms with E-state index in [9.17, 15) is 0 Å². The van der Waals surface area contributed by atoms with Crippen molar-refractivity contribution in [1.29, 1.82) is 0 Å². The van der Waals surface area contributed by atoms with Crippen LogP contribution in [0, 0.1) is 17.8 Å². The molecule has 1 aromatic rings. The van der Waals surface area contributed by atoms with Crippen LogP contribution in [0.4, 0.5) is 0 Å². The summed E-state index contributed by atoms with van der Waals surface area (Å²) in [4.78, 5) is 4.36. The van der Waals surface area contributed by atoms with E-state index in [0.717, 1.165) is 18.4 Å². The Labute approximate surface area is 117 Å². The Morgan fingerprint density at radius 3 is 2.58 bits per heavy atom. The topological polar surface area (TPSA) is 43.8 Å². The summed E-state index contributed by atoms with van der Waals surface area (Å²) in [6, 6.07) is 0. The predicted octanol–water partition coefficient (Wildman–Crippen LogP) is 3.41. The lowest BCUT2D eigenvalue weighted by Gasteiger charge is -2.28. The Hall–Kier alpha value is -0.830. The van der Waals surface area contributed by atoms with Crippen molar-refractivity contribution in [2.75, 3.05) is 6.54 Å². The zero-order valence-corrected chi connectivity index (χ0v) is 12.7. The molecule has 0 spiro atoms. The third kappa shape index (κ3) is 3.59. The molecule has 1 unspecified atom stereocenters. The van der Waals surface area contributed by atoms with Crippen LogP contribution in [-0.2, 0) is 6.54 Å². The molecule has 2 rings (SSSR count). The third-order valence-corrected chi connectivity index (χ3v) is 4.77. The Morgan fingerprint density at radius 2 is 2.00 bits per heavy atom. The number of rotatable bonds is 5. The minimum Gasteiger partial charge on any atom is -0.334 e. The Balaban J connectivity index is 2.03. The molecule has 0 amide bonds. The third-order valence-electron chi connectivity index (χ3n) is 4.77. The molecule has 1 fully saturated rings. The fraction of sp³-hybridized carbons (Fsp3) is 0.812. The molecule has 0 saturated heterocycles. The van der Waals surface area contributed by atoms with Gasteiger partial charge in [0.1, 0.15) is 0 Å². The van der Waals surface area contributed by atoms with Crippen LogP contribution in [0.3, 0.4) is 0 Å². The highest BCUT2D eigenvalue weighted by Gasteiger charge is 2.22. The first-order valence-electron chi connectivity index (χ1n) is 7.81. The second-order valence-corrected chi connectivity index (χ2v) is 6.68. The van der Waals surface area contributed by atoms with Gasteiger partial charge in [0, 0.05) is 30.9 Å². The largest absolute Gasteiger partial charge is 0.334 e. The highest BCUT2D eigenvalue weighted by molar-refractivity contribution is 5.08. The van der Waals surface area contributed by atoms with Gasteiger partial charge in [-0.15, -0.1) is 0 Å².